The number of alkyl halides is 3. The summed E-state index contributed by atoms with van der Waals surface area (Å²) in [5.74, 6) is -1.42. The van der Waals surface area contributed by atoms with Crippen molar-refractivity contribution in [3.05, 3.63) is 36.0 Å². The summed E-state index contributed by atoms with van der Waals surface area (Å²) in [6.07, 6.45) is -2.77. The molecule has 1 aromatic heterocycles. The summed E-state index contributed by atoms with van der Waals surface area (Å²) in [6, 6.07) is 2.45. The van der Waals surface area contributed by atoms with Crippen molar-refractivity contribution >= 4 is 0 Å². The first kappa shape index (κ1) is 10.6. The summed E-state index contributed by atoms with van der Waals surface area (Å²) >= 11 is 0. The monoisotopic (exact) mass is 231 g/mol. The van der Waals surface area contributed by atoms with E-state index < -0.39 is 17.6 Å². The van der Waals surface area contributed by atoms with Crippen molar-refractivity contribution in [2.75, 3.05) is 0 Å². The van der Waals surface area contributed by atoms with Crippen molar-refractivity contribution < 1.29 is 22.1 Å². The zero-order chi connectivity index (χ0) is 11.8. The van der Waals surface area contributed by atoms with Gasteiger partial charge in [-0.05, 0) is 18.2 Å². The van der Waals surface area contributed by atoms with Crippen LogP contribution in [0.25, 0.3) is 11.4 Å². The van der Waals surface area contributed by atoms with Crippen LogP contribution in [-0.4, -0.2) is 10.1 Å². The lowest BCUT2D eigenvalue weighted by atomic mass is 10.1. The van der Waals surface area contributed by atoms with E-state index in [1.54, 1.807) is 0 Å². The van der Waals surface area contributed by atoms with Crippen LogP contribution in [0, 0.1) is 12.2 Å². The molecule has 0 unspecified atom stereocenters. The lowest BCUT2D eigenvalue weighted by Crippen LogP contribution is -2.08. The maximum Gasteiger partial charge on any atom is 0.419 e. The van der Waals surface area contributed by atoms with Crippen LogP contribution in [0.4, 0.5) is 17.6 Å². The van der Waals surface area contributed by atoms with Gasteiger partial charge in [-0.25, -0.2) is 4.39 Å². The molecule has 0 aliphatic heterocycles. The minimum absolute atomic E-state index is 0.0127. The maximum atomic E-state index is 12.9. The van der Waals surface area contributed by atoms with E-state index in [1.165, 1.54) is 0 Å². The van der Waals surface area contributed by atoms with E-state index in [9.17, 15) is 17.6 Å². The molecule has 0 N–H and O–H groups in total. The largest absolute Gasteiger partial charge is 0.419 e. The zero-order valence-corrected chi connectivity index (χ0v) is 7.55. The first-order valence-electron chi connectivity index (χ1n) is 4.05. The van der Waals surface area contributed by atoms with Crippen LogP contribution in [0.5, 0.6) is 0 Å². The van der Waals surface area contributed by atoms with Gasteiger partial charge >= 0.3 is 12.6 Å². The molecule has 1 aromatic carbocycles. The number of benzene rings is 1. The second-order valence-electron chi connectivity index (χ2n) is 2.90. The van der Waals surface area contributed by atoms with Gasteiger partial charge in [-0.3, -0.25) is 0 Å². The standard InChI is InChI=1S/C9H3F4N2O/c10-7-2-1-5(8-14-4-16-15-8)3-6(7)9(11,12)13/h1-3H. The molecular weight excluding hydrogens is 228 g/mol. The Balaban J connectivity index is 2.52. The number of rotatable bonds is 1. The van der Waals surface area contributed by atoms with Crippen LogP contribution in [0.2, 0.25) is 0 Å². The molecule has 1 radical (unpaired) electrons. The summed E-state index contributed by atoms with van der Waals surface area (Å²) in [6.45, 7) is 0. The molecule has 0 saturated carbocycles. The average molecular weight is 231 g/mol. The highest BCUT2D eigenvalue weighted by Gasteiger charge is 2.34. The van der Waals surface area contributed by atoms with Crippen molar-refractivity contribution in [3.8, 4) is 11.4 Å². The summed E-state index contributed by atoms with van der Waals surface area (Å²) < 4.78 is 54.3. The zero-order valence-electron chi connectivity index (χ0n) is 7.55. The van der Waals surface area contributed by atoms with E-state index in [-0.39, 0.29) is 11.4 Å². The van der Waals surface area contributed by atoms with Gasteiger partial charge in [0.25, 0.3) is 0 Å². The number of hydrogen-bond donors (Lipinski definition) is 0. The Labute approximate surface area is 86.7 Å². The first-order chi connectivity index (χ1) is 7.48. The Morgan fingerprint density at radius 1 is 1.25 bits per heavy atom. The Hall–Kier alpha value is -1.92. The summed E-state index contributed by atoms with van der Waals surface area (Å²) in [4.78, 5) is 3.45. The molecule has 0 saturated heterocycles. The molecule has 0 atom stereocenters. The molecular formula is C9H3F4N2O. The quantitative estimate of drug-likeness (QED) is 0.708. The molecule has 83 valence electrons. The molecule has 2 aromatic rings. The fourth-order valence-corrected chi connectivity index (χ4v) is 1.15. The Morgan fingerprint density at radius 3 is 2.56 bits per heavy atom. The topological polar surface area (TPSA) is 38.9 Å². The third-order valence-corrected chi connectivity index (χ3v) is 1.85. The molecule has 0 bridgehead atoms. The van der Waals surface area contributed by atoms with Crippen LogP contribution in [-0.2, 0) is 6.18 Å². The highest BCUT2D eigenvalue weighted by molar-refractivity contribution is 5.55. The van der Waals surface area contributed by atoms with Gasteiger partial charge in [0.05, 0.1) is 5.56 Å². The molecule has 2 rings (SSSR count). The molecule has 0 aliphatic rings. The van der Waals surface area contributed by atoms with Crippen LogP contribution in [0.15, 0.2) is 22.7 Å². The first-order valence-corrected chi connectivity index (χ1v) is 4.05. The predicted molar refractivity (Wildman–Crippen MR) is 43.5 cm³/mol. The van der Waals surface area contributed by atoms with E-state index in [1.807, 2.05) is 6.39 Å². The molecule has 3 nitrogen and oxygen atoms in total. The fourth-order valence-electron chi connectivity index (χ4n) is 1.15. The van der Waals surface area contributed by atoms with Crippen LogP contribution < -0.4 is 0 Å². The SMILES string of the molecule is Fc1ccc(-c2n[c]on2)cc1C(F)(F)F. The molecule has 0 aliphatic carbocycles. The molecule has 7 heteroatoms. The Kier molecular flexibility index (Phi) is 2.37. The summed E-state index contributed by atoms with van der Waals surface area (Å²) in [5.41, 5.74) is -1.35. The smallest absolute Gasteiger partial charge is 0.328 e. The molecule has 0 spiro atoms. The second-order valence-corrected chi connectivity index (χ2v) is 2.90. The van der Waals surface area contributed by atoms with Crippen molar-refractivity contribution in [2.24, 2.45) is 0 Å². The van der Waals surface area contributed by atoms with Gasteiger partial charge in [0.15, 0.2) is 0 Å². The average Bonchev–Trinajstić information content (AvgIpc) is 2.69. The molecule has 1 heterocycles. The lowest BCUT2D eigenvalue weighted by Gasteiger charge is -2.08. The van der Waals surface area contributed by atoms with Gasteiger partial charge in [0, 0.05) is 5.56 Å². The number of hydrogen-bond acceptors (Lipinski definition) is 3. The van der Waals surface area contributed by atoms with Crippen molar-refractivity contribution in [1.29, 1.82) is 0 Å². The van der Waals surface area contributed by atoms with E-state index in [4.69, 9.17) is 0 Å². The van der Waals surface area contributed by atoms with E-state index in [0.29, 0.717) is 12.1 Å². The fraction of sp³-hybridized carbons (Fsp3) is 0.111. The van der Waals surface area contributed by atoms with Gasteiger partial charge < -0.3 is 4.52 Å². The third kappa shape index (κ3) is 1.88. The third-order valence-electron chi connectivity index (χ3n) is 1.85. The van der Waals surface area contributed by atoms with Gasteiger partial charge in [-0.15, -0.1) is 0 Å². The van der Waals surface area contributed by atoms with Crippen molar-refractivity contribution in [1.82, 2.24) is 10.1 Å². The van der Waals surface area contributed by atoms with Gasteiger partial charge in [0.1, 0.15) is 5.82 Å². The number of halogens is 4. The Morgan fingerprint density at radius 2 is 2.00 bits per heavy atom. The van der Waals surface area contributed by atoms with E-state index >= 15 is 0 Å². The van der Waals surface area contributed by atoms with E-state index in [2.05, 4.69) is 14.7 Å². The lowest BCUT2D eigenvalue weighted by molar-refractivity contribution is -0.139. The minimum Gasteiger partial charge on any atom is -0.328 e. The highest BCUT2D eigenvalue weighted by Crippen LogP contribution is 2.33. The number of nitrogens with zero attached hydrogens (tertiary/aromatic N) is 2. The van der Waals surface area contributed by atoms with Crippen LogP contribution in [0.3, 0.4) is 0 Å². The van der Waals surface area contributed by atoms with Gasteiger partial charge in [-0.2, -0.15) is 18.2 Å². The normalized spacial score (nSPS) is 11.8. The molecule has 0 fully saturated rings. The van der Waals surface area contributed by atoms with Gasteiger partial charge in [0.2, 0.25) is 5.82 Å². The molecule has 16 heavy (non-hydrogen) atoms. The summed E-state index contributed by atoms with van der Waals surface area (Å²) in [7, 11) is 0. The van der Waals surface area contributed by atoms with Crippen LogP contribution >= 0.6 is 0 Å². The van der Waals surface area contributed by atoms with Gasteiger partial charge in [-0.1, -0.05) is 5.16 Å². The number of aromatic nitrogens is 2. The van der Waals surface area contributed by atoms with Crippen molar-refractivity contribution in [3.63, 3.8) is 0 Å². The van der Waals surface area contributed by atoms with E-state index in [0.717, 1.165) is 6.07 Å². The second kappa shape index (κ2) is 3.58. The van der Waals surface area contributed by atoms with Crippen molar-refractivity contribution in [2.45, 2.75) is 6.18 Å². The summed E-state index contributed by atoms with van der Waals surface area (Å²) in [5, 5.41) is 3.31. The Bertz CT molecular complexity index is 493. The highest BCUT2D eigenvalue weighted by atomic mass is 19.4. The predicted octanol–water partition coefficient (Wildman–Crippen LogP) is 2.69. The molecule has 0 amide bonds. The van der Waals surface area contributed by atoms with Crippen LogP contribution in [0.1, 0.15) is 5.56 Å². The minimum atomic E-state index is -4.76. The maximum absolute atomic E-state index is 12.9.